The van der Waals surface area contributed by atoms with Crippen LogP contribution in [0.15, 0.2) is 36.7 Å². The average molecular weight is 299 g/mol. The first-order chi connectivity index (χ1) is 10.6. The summed E-state index contributed by atoms with van der Waals surface area (Å²) in [7, 11) is 0. The first-order valence-corrected chi connectivity index (χ1v) is 7.65. The van der Waals surface area contributed by atoms with Gasteiger partial charge in [0.15, 0.2) is 6.10 Å². The van der Waals surface area contributed by atoms with Crippen LogP contribution in [0, 0.1) is 6.92 Å². The zero-order chi connectivity index (χ0) is 15.5. The minimum absolute atomic E-state index is 0.0749. The molecule has 116 valence electrons. The van der Waals surface area contributed by atoms with Crippen LogP contribution in [0.1, 0.15) is 24.7 Å². The molecule has 0 bridgehead atoms. The number of aryl methyl sites for hydroxylation is 2. The molecule has 0 spiro atoms. The predicted molar refractivity (Wildman–Crippen MR) is 83.7 cm³/mol. The van der Waals surface area contributed by atoms with Gasteiger partial charge >= 0.3 is 0 Å². The molecule has 2 aromatic rings. The molecule has 0 aliphatic carbocycles. The number of nitrogens with zero attached hydrogens (tertiary/aromatic N) is 2. The molecule has 1 aromatic carbocycles. The van der Waals surface area contributed by atoms with Crippen LogP contribution in [0.25, 0.3) is 0 Å². The summed E-state index contributed by atoms with van der Waals surface area (Å²) in [5.74, 6) is 1.73. The number of fused-ring (bicyclic) bond motifs is 1. The summed E-state index contributed by atoms with van der Waals surface area (Å²) in [5, 5.41) is 3.07. The summed E-state index contributed by atoms with van der Waals surface area (Å²) >= 11 is 0. The van der Waals surface area contributed by atoms with Crippen LogP contribution in [0.4, 0.5) is 0 Å². The molecule has 0 fully saturated rings. The van der Waals surface area contributed by atoms with Crippen molar-refractivity contribution in [3.05, 3.63) is 48.0 Å². The Morgan fingerprint density at radius 1 is 1.41 bits per heavy atom. The topological polar surface area (TPSA) is 56.1 Å². The van der Waals surface area contributed by atoms with Crippen LogP contribution < -0.4 is 10.1 Å². The quantitative estimate of drug-likeness (QED) is 0.940. The summed E-state index contributed by atoms with van der Waals surface area (Å²) in [6, 6.07) is 7.86. The lowest BCUT2D eigenvalue weighted by atomic mass is 10.1. The Hall–Kier alpha value is -2.30. The van der Waals surface area contributed by atoms with E-state index in [9.17, 15) is 4.79 Å². The van der Waals surface area contributed by atoms with Gasteiger partial charge < -0.3 is 14.6 Å². The maximum Gasteiger partial charge on any atom is 0.261 e. The average Bonchev–Trinajstić information content (AvgIpc) is 2.97. The standard InChI is InChI=1S/C17H21N3O2/c1-12-3-6-15(7-4-12)22-13(2)17(21)19-14-5-8-16-18-9-10-20(16)11-14/h3-4,6-7,9-10,13-14H,5,8,11H2,1-2H3,(H,19,21)/t13-,14-/m0/s1. The fourth-order valence-corrected chi connectivity index (χ4v) is 2.68. The van der Waals surface area contributed by atoms with E-state index >= 15 is 0 Å². The maximum atomic E-state index is 12.3. The molecule has 5 heteroatoms. The highest BCUT2D eigenvalue weighted by Crippen LogP contribution is 2.15. The molecule has 1 aliphatic heterocycles. The summed E-state index contributed by atoms with van der Waals surface area (Å²) in [6.45, 7) is 4.58. The van der Waals surface area contributed by atoms with Crippen LogP contribution in [0.2, 0.25) is 0 Å². The number of imidazole rings is 1. The Labute approximate surface area is 130 Å². The van der Waals surface area contributed by atoms with E-state index in [1.54, 1.807) is 6.92 Å². The zero-order valence-corrected chi connectivity index (χ0v) is 13.0. The van der Waals surface area contributed by atoms with Gasteiger partial charge in [0.2, 0.25) is 0 Å². The van der Waals surface area contributed by atoms with Gasteiger partial charge in [0.25, 0.3) is 5.91 Å². The Balaban J connectivity index is 1.54. The van der Waals surface area contributed by atoms with Crippen LogP contribution in [0.3, 0.4) is 0 Å². The van der Waals surface area contributed by atoms with Gasteiger partial charge in [0.1, 0.15) is 11.6 Å². The van der Waals surface area contributed by atoms with Crippen molar-refractivity contribution in [2.75, 3.05) is 0 Å². The molecule has 3 rings (SSSR count). The Kier molecular flexibility index (Phi) is 4.13. The van der Waals surface area contributed by atoms with Gasteiger partial charge in [0, 0.05) is 31.4 Å². The third-order valence-corrected chi connectivity index (χ3v) is 3.98. The minimum atomic E-state index is -0.508. The lowest BCUT2D eigenvalue weighted by molar-refractivity contribution is -0.128. The van der Waals surface area contributed by atoms with E-state index in [2.05, 4.69) is 14.9 Å². The van der Waals surface area contributed by atoms with Crippen molar-refractivity contribution in [1.82, 2.24) is 14.9 Å². The summed E-state index contributed by atoms with van der Waals surface area (Å²) in [4.78, 5) is 16.6. The van der Waals surface area contributed by atoms with E-state index < -0.39 is 6.10 Å². The molecule has 0 saturated carbocycles. The fraction of sp³-hybridized carbons (Fsp3) is 0.412. The van der Waals surface area contributed by atoms with E-state index in [1.807, 2.05) is 43.6 Å². The van der Waals surface area contributed by atoms with Crippen molar-refractivity contribution in [1.29, 1.82) is 0 Å². The second-order valence-electron chi connectivity index (χ2n) is 5.81. The number of ether oxygens (including phenoxy) is 1. The molecule has 5 nitrogen and oxygen atoms in total. The highest BCUT2D eigenvalue weighted by atomic mass is 16.5. The van der Waals surface area contributed by atoms with Gasteiger partial charge in [-0.3, -0.25) is 4.79 Å². The number of amides is 1. The number of hydrogen-bond donors (Lipinski definition) is 1. The SMILES string of the molecule is Cc1ccc(O[C@@H](C)C(=O)N[C@H]2CCc3nccn3C2)cc1. The molecule has 0 radical (unpaired) electrons. The second kappa shape index (κ2) is 6.22. The largest absolute Gasteiger partial charge is 0.481 e. The molecule has 1 aromatic heterocycles. The van der Waals surface area contributed by atoms with E-state index in [-0.39, 0.29) is 11.9 Å². The van der Waals surface area contributed by atoms with Crippen molar-refractivity contribution in [2.24, 2.45) is 0 Å². The lowest BCUT2D eigenvalue weighted by Crippen LogP contribution is -2.46. The Morgan fingerprint density at radius 2 is 2.18 bits per heavy atom. The van der Waals surface area contributed by atoms with Gasteiger partial charge in [-0.1, -0.05) is 17.7 Å². The normalized spacial score (nSPS) is 18.4. The molecule has 2 heterocycles. The van der Waals surface area contributed by atoms with Crippen molar-refractivity contribution in [2.45, 2.75) is 45.4 Å². The number of nitrogens with one attached hydrogen (secondary N) is 1. The summed E-state index contributed by atoms with van der Waals surface area (Å²) in [6.07, 6.45) is 5.07. The van der Waals surface area contributed by atoms with E-state index in [4.69, 9.17) is 4.74 Å². The van der Waals surface area contributed by atoms with Gasteiger partial charge in [0.05, 0.1) is 0 Å². The molecule has 1 amide bonds. The van der Waals surface area contributed by atoms with Gasteiger partial charge in [-0.25, -0.2) is 4.98 Å². The minimum Gasteiger partial charge on any atom is -0.481 e. The predicted octanol–water partition coefficient (Wildman–Crippen LogP) is 2.09. The van der Waals surface area contributed by atoms with Crippen LogP contribution in [-0.2, 0) is 17.8 Å². The van der Waals surface area contributed by atoms with Crippen LogP contribution in [-0.4, -0.2) is 27.6 Å². The van der Waals surface area contributed by atoms with Gasteiger partial charge in [-0.2, -0.15) is 0 Å². The smallest absolute Gasteiger partial charge is 0.261 e. The monoisotopic (exact) mass is 299 g/mol. The van der Waals surface area contributed by atoms with Crippen LogP contribution >= 0.6 is 0 Å². The van der Waals surface area contributed by atoms with Gasteiger partial charge in [-0.05, 0) is 32.4 Å². The third-order valence-electron chi connectivity index (χ3n) is 3.98. The summed E-state index contributed by atoms with van der Waals surface area (Å²) in [5.41, 5.74) is 1.17. The molecular formula is C17H21N3O2. The highest BCUT2D eigenvalue weighted by molar-refractivity contribution is 5.81. The van der Waals surface area contributed by atoms with Crippen molar-refractivity contribution in [3.8, 4) is 5.75 Å². The number of benzene rings is 1. The maximum absolute atomic E-state index is 12.3. The number of carbonyl (C=O) groups excluding carboxylic acids is 1. The molecule has 0 unspecified atom stereocenters. The molecular weight excluding hydrogens is 278 g/mol. The van der Waals surface area contributed by atoms with Crippen molar-refractivity contribution >= 4 is 5.91 Å². The van der Waals surface area contributed by atoms with Crippen molar-refractivity contribution in [3.63, 3.8) is 0 Å². The number of rotatable bonds is 4. The fourth-order valence-electron chi connectivity index (χ4n) is 2.68. The van der Waals surface area contributed by atoms with Gasteiger partial charge in [-0.15, -0.1) is 0 Å². The number of aromatic nitrogens is 2. The Morgan fingerprint density at radius 3 is 2.95 bits per heavy atom. The highest BCUT2D eigenvalue weighted by Gasteiger charge is 2.23. The molecule has 1 aliphatic rings. The third kappa shape index (κ3) is 3.30. The van der Waals surface area contributed by atoms with E-state index in [0.29, 0.717) is 5.75 Å². The lowest BCUT2D eigenvalue weighted by Gasteiger charge is -2.26. The van der Waals surface area contributed by atoms with E-state index in [0.717, 1.165) is 25.2 Å². The molecule has 0 saturated heterocycles. The van der Waals surface area contributed by atoms with E-state index in [1.165, 1.54) is 5.56 Å². The first kappa shape index (κ1) is 14.6. The van der Waals surface area contributed by atoms with Crippen LogP contribution in [0.5, 0.6) is 5.75 Å². The number of carbonyl (C=O) groups is 1. The molecule has 2 atom stereocenters. The molecule has 22 heavy (non-hydrogen) atoms. The zero-order valence-electron chi connectivity index (χ0n) is 13.0. The first-order valence-electron chi connectivity index (χ1n) is 7.65. The summed E-state index contributed by atoms with van der Waals surface area (Å²) < 4.78 is 7.79. The Bertz CT molecular complexity index is 648. The molecule has 1 N–H and O–H groups in total. The second-order valence-corrected chi connectivity index (χ2v) is 5.81. The van der Waals surface area contributed by atoms with Crippen molar-refractivity contribution < 1.29 is 9.53 Å². The number of hydrogen-bond acceptors (Lipinski definition) is 3.